The van der Waals surface area contributed by atoms with Crippen LogP contribution in [0.4, 0.5) is 13.2 Å². The zero-order chi connectivity index (χ0) is 15.7. The molecule has 1 heterocycles. The van der Waals surface area contributed by atoms with E-state index in [-0.39, 0.29) is 5.56 Å². The minimum Gasteiger partial charge on any atom is -0.376 e. The number of nitrogens with zero attached hydrogens (tertiary/aromatic N) is 1. The van der Waals surface area contributed by atoms with Crippen LogP contribution < -0.4 is 0 Å². The van der Waals surface area contributed by atoms with Crippen molar-refractivity contribution in [3.63, 3.8) is 0 Å². The summed E-state index contributed by atoms with van der Waals surface area (Å²) in [6.07, 6.45) is -2.30. The van der Waals surface area contributed by atoms with Gasteiger partial charge in [0.25, 0.3) is 0 Å². The van der Waals surface area contributed by atoms with Gasteiger partial charge >= 0.3 is 6.18 Å². The molecule has 2 nitrogen and oxygen atoms in total. The van der Waals surface area contributed by atoms with E-state index in [0.717, 1.165) is 0 Å². The number of benzene rings is 1. The molecule has 112 valence electrons. The summed E-state index contributed by atoms with van der Waals surface area (Å²) in [5.74, 6) is -1.14. The van der Waals surface area contributed by atoms with E-state index in [2.05, 4.69) is 4.98 Å². The average molecular weight is 295 g/mol. The first kappa shape index (κ1) is 15.5. The third-order valence-electron chi connectivity index (χ3n) is 3.83. The molecule has 0 amide bonds. The molecule has 0 fully saturated rings. The summed E-state index contributed by atoms with van der Waals surface area (Å²) in [5.41, 5.74) is -1.99. The van der Waals surface area contributed by atoms with Gasteiger partial charge in [-0.25, -0.2) is 0 Å². The van der Waals surface area contributed by atoms with Gasteiger partial charge < -0.3 is 5.11 Å². The number of halogens is 3. The zero-order valence-electron chi connectivity index (χ0n) is 11.7. The van der Waals surface area contributed by atoms with E-state index in [0.29, 0.717) is 11.1 Å². The topological polar surface area (TPSA) is 33.1 Å². The van der Waals surface area contributed by atoms with Crippen LogP contribution in [0.2, 0.25) is 0 Å². The number of hydrogen-bond acceptors (Lipinski definition) is 2. The number of aromatic nitrogens is 1. The Hall–Kier alpha value is -1.88. The van der Waals surface area contributed by atoms with Gasteiger partial charge in [0.1, 0.15) is 0 Å². The van der Waals surface area contributed by atoms with Crippen LogP contribution >= 0.6 is 0 Å². The molecule has 0 saturated heterocycles. The predicted molar refractivity (Wildman–Crippen MR) is 73.8 cm³/mol. The molecule has 0 spiro atoms. The van der Waals surface area contributed by atoms with Gasteiger partial charge in [0, 0.05) is 18.3 Å². The lowest BCUT2D eigenvalue weighted by Gasteiger charge is -2.37. The molecule has 0 bridgehead atoms. The van der Waals surface area contributed by atoms with Gasteiger partial charge in [0.2, 0.25) is 0 Å². The molecule has 2 unspecified atom stereocenters. The van der Waals surface area contributed by atoms with Gasteiger partial charge in [-0.1, -0.05) is 31.2 Å². The zero-order valence-corrected chi connectivity index (χ0v) is 11.7. The summed E-state index contributed by atoms with van der Waals surface area (Å²) in [6.45, 7) is 3.12. The lowest BCUT2D eigenvalue weighted by Crippen LogP contribution is -2.46. The van der Waals surface area contributed by atoms with Crippen LogP contribution in [0.3, 0.4) is 0 Å². The fourth-order valence-electron chi connectivity index (χ4n) is 2.56. The van der Waals surface area contributed by atoms with E-state index >= 15 is 0 Å². The second-order valence-corrected chi connectivity index (χ2v) is 5.08. The van der Waals surface area contributed by atoms with Crippen molar-refractivity contribution in [2.24, 2.45) is 0 Å². The van der Waals surface area contributed by atoms with Crippen molar-refractivity contribution in [3.05, 3.63) is 65.5 Å². The summed E-state index contributed by atoms with van der Waals surface area (Å²) in [6, 6.07) is 9.16. The Morgan fingerprint density at radius 3 is 2.14 bits per heavy atom. The molecule has 1 N–H and O–H groups in total. The van der Waals surface area contributed by atoms with E-state index in [1.54, 1.807) is 31.2 Å². The van der Waals surface area contributed by atoms with Crippen molar-refractivity contribution in [2.75, 3.05) is 0 Å². The Kier molecular flexibility index (Phi) is 4.05. The summed E-state index contributed by atoms with van der Waals surface area (Å²) < 4.78 is 40.8. The quantitative estimate of drug-likeness (QED) is 0.930. The average Bonchev–Trinajstić information content (AvgIpc) is 2.46. The molecular weight excluding hydrogens is 279 g/mol. The highest BCUT2D eigenvalue weighted by Gasteiger charge is 2.58. The molecule has 0 radical (unpaired) electrons. The number of aryl methyl sites for hydroxylation is 1. The molecular formula is C16H16F3NO. The number of aliphatic hydroxyl groups is 1. The van der Waals surface area contributed by atoms with E-state index in [1.807, 2.05) is 0 Å². The third kappa shape index (κ3) is 2.65. The fraction of sp³-hybridized carbons (Fsp3) is 0.312. The van der Waals surface area contributed by atoms with Gasteiger partial charge in [-0.15, -0.1) is 0 Å². The van der Waals surface area contributed by atoms with Crippen LogP contribution in [0.15, 0.2) is 48.8 Å². The molecule has 5 heteroatoms. The maximum absolute atomic E-state index is 13.6. The molecule has 2 atom stereocenters. The number of hydrogen-bond donors (Lipinski definition) is 1. The highest BCUT2D eigenvalue weighted by molar-refractivity contribution is 5.35. The van der Waals surface area contributed by atoms with Crippen molar-refractivity contribution >= 4 is 0 Å². The predicted octanol–water partition coefficient (Wildman–Crippen LogP) is 3.94. The van der Waals surface area contributed by atoms with Crippen molar-refractivity contribution in [1.29, 1.82) is 0 Å². The Balaban J connectivity index is 2.60. The second-order valence-electron chi connectivity index (χ2n) is 5.08. The van der Waals surface area contributed by atoms with E-state index in [4.69, 9.17) is 0 Å². The van der Waals surface area contributed by atoms with Crippen molar-refractivity contribution in [1.82, 2.24) is 4.98 Å². The fourth-order valence-corrected chi connectivity index (χ4v) is 2.56. The number of rotatable bonds is 3. The Morgan fingerprint density at radius 2 is 1.62 bits per heavy atom. The van der Waals surface area contributed by atoms with Crippen LogP contribution in [0.1, 0.15) is 29.5 Å². The summed E-state index contributed by atoms with van der Waals surface area (Å²) >= 11 is 0. The van der Waals surface area contributed by atoms with Gasteiger partial charge in [0.15, 0.2) is 5.60 Å². The summed E-state index contributed by atoms with van der Waals surface area (Å²) in [5, 5.41) is 10.5. The highest BCUT2D eigenvalue weighted by atomic mass is 19.4. The van der Waals surface area contributed by atoms with Gasteiger partial charge in [0.05, 0.1) is 0 Å². The third-order valence-corrected chi connectivity index (χ3v) is 3.83. The van der Waals surface area contributed by atoms with Crippen molar-refractivity contribution in [2.45, 2.75) is 31.5 Å². The Bertz CT molecular complexity index is 612. The molecule has 1 aromatic carbocycles. The van der Waals surface area contributed by atoms with E-state index < -0.39 is 17.7 Å². The number of pyridine rings is 1. The monoisotopic (exact) mass is 295 g/mol. The summed E-state index contributed by atoms with van der Waals surface area (Å²) in [7, 11) is 0. The van der Waals surface area contributed by atoms with Crippen LogP contribution in [0.25, 0.3) is 0 Å². The van der Waals surface area contributed by atoms with Gasteiger partial charge in [-0.05, 0) is 35.7 Å². The lowest BCUT2D eigenvalue weighted by molar-refractivity contribution is -0.274. The molecule has 2 aromatic rings. The van der Waals surface area contributed by atoms with E-state index in [9.17, 15) is 18.3 Å². The lowest BCUT2D eigenvalue weighted by atomic mass is 9.77. The van der Waals surface area contributed by atoms with Crippen LogP contribution in [0, 0.1) is 6.92 Å². The van der Waals surface area contributed by atoms with E-state index in [1.165, 1.54) is 31.5 Å². The van der Waals surface area contributed by atoms with Crippen molar-refractivity contribution < 1.29 is 18.3 Å². The van der Waals surface area contributed by atoms with Crippen LogP contribution in [-0.2, 0) is 5.60 Å². The molecule has 0 aliphatic rings. The second kappa shape index (κ2) is 5.48. The van der Waals surface area contributed by atoms with Crippen LogP contribution in [-0.4, -0.2) is 16.3 Å². The minimum absolute atomic E-state index is 0.208. The van der Waals surface area contributed by atoms with Crippen molar-refractivity contribution in [3.8, 4) is 0 Å². The molecule has 0 aliphatic carbocycles. The maximum Gasteiger partial charge on any atom is 0.422 e. The molecule has 1 aromatic heterocycles. The summed E-state index contributed by atoms with van der Waals surface area (Å²) in [4.78, 5) is 3.71. The number of alkyl halides is 3. The first-order valence-electron chi connectivity index (χ1n) is 6.53. The maximum atomic E-state index is 13.6. The SMILES string of the molecule is Cc1ccccc1C(C)C(O)(c1ccncc1)C(F)(F)F. The molecule has 21 heavy (non-hydrogen) atoms. The smallest absolute Gasteiger partial charge is 0.376 e. The molecule has 0 saturated carbocycles. The highest BCUT2D eigenvalue weighted by Crippen LogP contribution is 2.48. The van der Waals surface area contributed by atoms with Gasteiger partial charge in [-0.3, -0.25) is 4.98 Å². The Morgan fingerprint density at radius 1 is 1.05 bits per heavy atom. The molecule has 2 rings (SSSR count). The minimum atomic E-state index is -4.80. The first-order valence-corrected chi connectivity index (χ1v) is 6.53. The normalized spacial score (nSPS) is 16.3. The van der Waals surface area contributed by atoms with Gasteiger partial charge in [-0.2, -0.15) is 13.2 Å². The Labute approximate surface area is 121 Å². The first-order chi connectivity index (χ1) is 9.78. The van der Waals surface area contributed by atoms with Crippen LogP contribution in [0.5, 0.6) is 0 Å². The molecule has 0 aliphatic heterocycles. The largest absolute Gasteiger partial charge is 0.422 e. The standard InChI is InChI=1S/C16H16F3NO/c1-11-5-3-4-6-14(11)12(2)15(21,16(17,18)19)13-7-9-20-10-8-13/h3-10,12,21H,1-2H3.